The average molecular weight is 314 g/mol. The summed E-state index contributed by atoms with van der Waals surface area (Å²) in [4.78, 5) is 1.37. The third-order valence-electron chi connectivity index (χ3n) is 2.68. The molecule has 1 aromatic heterocycles. The van der Waals surface area contributed by atoms with Crippen molar-refractivity contribution < 1.29 is 4.74 Å². The van der Waals surface area contributed by atoms with E-state index in [1.165, 1.54) is 25.0 Å². The molecule has 1 heterocycles. The van der Waals surface area contributed by atoms with Crippen LogP contribution in [0.3, 0.4) is 0 Å². The second kappa shape index (κ2) is 5.96. The summed E-state index contributed by atoms with van der Waals surface area (Å²) in [6, 6.07) is 6.34. The highest BCUT2D eigenvalue weighted by molar-refractivity contribution is 9.10. The monoisotopic (exact) mass is 313 g/mol. The van der Waals surface area contributed by atoms with Gasteiger partial charge in [0.25, 0.3) is 0 Å². The number of halogens is 1. The summed E-state index contributed by atoms with van der Waals surface area (Å²) < 4.78 is 7.80. The summed E-state index contributed by atoms with van der Waals surface area (Å²) in [6.45, 7) is 4.71. The predicted molar refractivity (Wildman–Crippen MR) is 77.6 cm³/mol. The van der Waals surface area contributed by atoms with Crippen molar-refractivity contribution in [3.8, 4) is 0 Å². The van der Waals surface area contributed by atoms with E-state index < -0.39 is 0 Å². The van der Waals surface area contributed by atoms with Crippen molar-refractivity contribution in [1.82, 2.24) is 5.32 Å². The van der Waals surface area contributed by atoms with Crippen molar-refractivity contribution in [2.45, 2.75) is 20.1 Å². The van der Waals surface area contributed by atoms with Gasteiger partial charge in [-0.2, -0.15) is 0 Å². The zero-order valence-electron chi connectivity index (χ0n) is 10.0. The van der Waals surface area contributed by atoms with Crippen LogP contribution in [0.15, 0.2) is 22.7 Å². The third kappa shape index (κ3) is 2.71. The second-order valence-electron chi connectivity index (χ2n) is 3.83. The fourth-order valence-electron chi connectivity index (χ4n) is 1.87. The molecule has 0 unspecified atom stereocenters. The first kappa shape index (κ1) is 13.0. The van der Waals surface area contributed by atoms with Crippen LogP contribution >= 0.6 is 27.3 Å². The maximum absolute atomic E-state index is 5.32. The van der Waals surface area contributed by atoms with Crippen LogP contribution in [0, 0.1) is 0 Å². The molecule has 1 N–H and O–H groups in total. The number of rotatable bonds is 5. The van der Waals surface area contributed by atoms with Gasteiger partial charge in [-0.25, -0.2) is 0 Å². The van der Waals surface area contributed by atoms with Gasteiger partial charge in [-0.1, -0.05) is 19.1 Å². The van der Waals surface area contributed by atoms with Crippen molar-refractivity contribution in [2.24, 2.45) is 0 Å². The molecule has 0 aliphatic carbocycles. The largest absolute Gasteiger partial charge is 0.380 e. The number of hydrogen-bond donors (Lipinski definition) is 1. The summed E-state index contributed by atoms with van der Waals surface area (Å²) in [7, 11) is 1.75. The minimum atomic E-state index is 0.678. The molecule has 2 rings (SSSR count). The summed E-state index contributed by atoms with van der Waals surface area (Å²) in [6.07, 6.45) is 0. The van der Waals surface area contributed by atoms with Crippen LogP contribution in [0.25, 0.3) is 10.1 Å². The lowest BCUT2D eigenvalue weighted by Gasteiger charge is -2.04. The quantitative estimate of drug-likeness (QED) is 0.903. The molecule has 0 bridgehead atoms. The maximum atomic E-state index is 5.32. The smallest absolute Gasteiger partial charge is 0.0730 e. The number of nitrogens with one attached hydrogen (secondary N) is 1. The van der Waals surface area contributed by atoms with Crippen LogP contribution < -0.4 is 5.32 Å². The molecule has 92 valence electrons. The number of methoxy groups -OCH3 is 1. The van der Waals surface area contributed by atoms with Crippen LogP contribution in [0.2, 0.25) is 0 Å². The summed E-state index contributed by atoms with van der Waals surface area (Å²) in [5, 5.41) is 4.69. The number of fused-ring (bicyclic) bond motifs is 1. The van der Waals surface area contributed by atoms with Gasteiger partial charge in [-0.05, 0) is 33.9 Å². The Morgan fingerprint density at radius 1 is 1.41 bits per heavy atom. The molecule has 0 saturated carbocycles. The highest BCUT2D eigenvalue weighted by Gasteiger charge is 2.13. The molecule has 0 atom stereocenters. The number of benzene rings is 1. The molecule has 1 aromatic carbocycles. The van der Waals surface area contributed by atoms with Gasteiger partial charge in [-0.15, -0.1) is 11.3 Å². The lowest BCUT2D eigenvalue weighted by Crippen LogP contribution is -2.11. The Kier molecular flexibility index (Phi) is 4.56. The molecule has 17 heavy (non-hydrogen) atoms. The summed E-state index contributed by atoms with van der Waals surface area (Å²) in [5.41, 5.74) is 1.31. The maximum Gasteiger partial charge on any atom is 0.0730 e. The van der Waals surface area contributed by atoms with E-state index in [4.69, 9.17) is 4.74 Å². The molecule has 0 saturated heterocycles. The third-order valence-corrected chi connectivity index (χ3v) is 4.88. The van der Waals surface area contributed by atoms with Gasteiger partial charge in [0.15, 0.2) is 0 Å². The normalized spacial score (nSPS) is 11.2. The van der Waals surface area contributed by atoms with E-state index in [2.05, 4.69) is 46.4 Å². The van der Waals surface area contributed by atoms with Crippen molar-refractivity contribution in [1.29, 1.82) is 0 Å². The van der Waals surface area contributed by atoms with Gasteiger partial charge in [0.05, 0.1) is 6.61 Å². The fraction of sp³-hybridized carbons (Fsp3) is 0.385. The Morgan fingerprint density at radius 3 is 2.94 bits per heavy atom. The van der Waals surface area contributed by atoms with E-state index >= 15 is 0 Å². The minimum Gasteiger partial charge on any atom is -0.380 e. The first-order valence-electron chi connectivity index (χ1n) is 5.66. The van der Waals surface area contributed by atoms with Crippen LogP contribution in [0.1, 0.15) is 17.4 Å². The SMILES string of the molecule is CCNCc1sc2c(Br)cccc2c1COC. The van der Waals surface area contributed by atoms with Crippen LogP contribution in [0.4, 0.5) is 0 Å². The Bertz CT molecular complexity index is 509. The molecule has 2 nitrogen and oxygen atoms in total. The zero-order chi connectivity index (χ0) is 12.3. The van der Waals surface area contributed by atoms with Gasteiger partial charge in [-0.3, -0.25) is 0 Å². The molecule has 0 amide bonds. The molecule has 0 aliphatic heterocycles. The van der Waals surface area contributed by atoms with Gasteiger partial charge >= 0.3 is 0 Å². The Morgan fingerprint density at radius 2 is 2.24 bits per heavy atom. The van der Waals surface area contributed by atoms with Crippen LogP contribution in [-0.2, 0) is 17.9 Å². The van der Waals surface area contributed by atoms with Crippen LogP contribution in [0.5, 0.6) is 0 Å². The topological polar surface area (TPSA) is 21.3 Å². The molecule has 2 aromatic rings. The molecule has 0 radical (unpaired) electrons. The van der Waals surface area contributed by atoms with E-state index in [9.17, 15) is 0 Å². The standard InChI is InChI=1S/C13H16BrNOS/c1-3-15-7-12-10(8-16-2)9-5-4-6-11(14)13(9)17-12/h4-6,15H,3,7-8H2,1-2H3. The summed E-state index contributed by atoms with van der Waals surface area (Å²) >= 11 is 5.45. The highest BCUT2D eigenvalue weighted by Crippen LogP contribution is 2.36. The Labute approximate surface area is 114 Å². The van der Waals surface area contributed by atoms with Crippen molar-refractivity contribution in [2.75, 3.05) is 13.7 Å². The van der Waals surface area contributed by atoms with Gasteiger partial charge in [0, 0.05) is 33.3 Å². The van der Waals surface area contributed by atoms with E-state index in [-0.39, 0.29) is 0 Å². The van der Waals surface area contributed by atoms with Gasteiger partial charge in [0.2, 0.25) is 0 Å². The second-order valence-corrected chi connectivity index (χ2v) is 5.79. The van der Waals surface area contributed by atoms with Crippen molar-refractivity contribution in [3.05, 3.63) is 33.1 Å². The van der Waals surface area contributed by atoms with Crippen molar-refractivity contribution >= 4 is 37.4 Å². The number of thiophene rings is 1. The lowest BCUT2D eigenvalue weighted by atomic mass is 10.1. The predicted octanol–water partition coefficient (Wildman–Crippen LogP) is 3.92. The molecule has 4 heteroatoms. The lowest BCUT2D eigenvalue weighted by molar-refractivity contribution is 0.185. The van der Waals surface area contributed by atoms with Crippen LogP contribution in [-0.4, -0.2) is 13.7 Å². The van der Waals surface area contributed by atoms with E-state index in [0.717, 1.165) is 13.1 Å². The Hall–Kier alpha value is -0.420. The van der Waals surface area contributed by atoms with E-state index in [1.807, 2.05) is 11.3 Å². The molecule has 0 spiro atoms. The number of hydrogen-bond acceptors (Lipinski definition) is 3. The number of ether oxygens (including phenoxy) is 1. The zero-order valence-corrected chi connectivity index (χ0v) is 12.5. The molecular weight excluding hydrogens is 298 g/mol. The van der Waals surface area contributed by atoms with Gasteiger partial charge < -0.3 is 10.1 Å². The Balaban J connectivity index is 2.49. The summed E-state index contributed by atoms with van der Waals surface area (Å²) in [5.74, 6) is 0. The highest BCUT2D eigenvalue weighted by atomic mass is 79.9. The van der Waals surface area contributed by atoms with Crippen molar-refractivity contribution in [3.63, 3.8) is 0 Å². The minimum absolute atomic E-state index is 0.678. The van der Waals surface area contributed by atoms with Gasteiger partial charge in [0.1, 0.15) is 0 Å². The van der Waals surface area contributed by atoms with E-state index in [0.29, 0.717) is 6.61 Å². The molecular formula is C13H16BrNOS. The van der Waals surface area contributed by atoms with E-state index in [1.54, 1.807) is 7.11 Å². The molecule has 0 aliphatic rings. The average Bonchev–Trinajstić information content (AvgIpc) is 2.67. The molecule has 0 fully saturated rings. The first-order chi connectivity index (χ1) is 8.27. The fourth-order valence-corrected chi connectivity index (χ4v) is 3.66. The first-order valence-corrected chi connectivity index (χ1v) is 7.27.